The van der Waals surface area contributed by atoms with Gasteiger partial charge in [-0.15, -0.1) is 5.43 Å². The van der Waals surface area contributed by atoms with Crippen molar-refractivity contribution in [3.05, 3.63) is 120 Å². The maximum absolute atomic E-state index is 12.4. The lowest BCUT2D eigenvalue weighted by atomic mass is 9.79. The van der Waals surface area contributed by atoms with Gasteiger partial charge < -0.3 is 8.83 Å². The van der Waals surface area contributed by atoms with Crippen LogP contribution in [0.1, 0.15) is 11.1 Å². The van der Waals surface area contributed by atoms with Crippen LogP contribution in [0.2, 0.25) is 0 Å². The molecule has 0 fully saturated rings. The minimum Gasteiger partial charge on any atom is -0.419 e. The summed E-state index contributed by atoms with van der Waals surface area (Å²) in [6.45, 7) is 0. The van der Waals surface area contributed by atoms with E-state index in [2.05, 4.69) is 5.43 Å². The van der Waals surface area contributed by atoms with Gasteiger partial charge in [0.25, 0.3) is 0 Å². The van der Waals surface area contributed by atoms with Gasteiger partial charge in [-0.25, -0.2) is 0 Å². The van der Waals surface area contributed by atoms with E-state index in [1.807, 2.05) is 91.1 Å². The number of hydrogen-bond acceptors (Lipinski definition) is 4. The summed E-state index contributed by atoms with van der Waals surface area (Å²) in [5, 5.41) is 0. The van der Waals surface area contributed by atoms with Gasteiger partial charge in [0.05, 0.1) is 18.1 Å². The van der Waals surface area contributed by atoms with Crippen LogP contribution in [-0.4, -0.2) is 6.29 Å². The Morgan fingerprint density at radius 1 is 0.724 bits per heavy atom. The minimum absolute atomic E-state index is 0.0577. The maximum atomic E-state index is 12.4. The fraction of sp³-hybridized carbons (Fsp3) is 0.0417. The normalized spacial score (nSPS) is 17.0. The molecule has 142 valence electrons. The van der Waals surface area contributed by atoms with Crippen LogP contribution in [0.25, 0.3) is 0 Å². The summed E-state index contributed by atoms with van der Waals surface area (Å²) in [5.41, 5.74) is 5.26. The van der Waals surface area contributed by atoms with E-state index >= 15 is 0 Å². The molecule has 0 aliphatic carbocycles. The van der Waals surface area contributed by atoms with E-state index in [1.165, 1.54) is 0 Å². The Hall–Kier alpha value is -3.67. The number of nitrogens with zero attached hydrogens (tertiary/aromatic N) is 1. The first-order chi connectivity index (χ1) is 14.3. The lowest BCUT2D eigenvalue weighted by molar-refractivity contribution is -0.105. The van der Waals surface area contributed by atoms with Crippen molar-refractivity contribution in [2.24, 2.45) is 0 Å². The molecule has 1 aliphatic heterocycles. The summed E-state index contributed by atoms with van der Waals surface area (Å²) in [6.07, 6.45) is 5.97. The SMILES string of the molecule is O=CC1=C[N+](c2ccco2)(c2ccco2)NC1(c1ccccc1)c1ccccc1. The van der Waals surface area contributed by atoms with Crippen LogP contribution in [0.3, 0.4) is 0 Å². The van der Waals surface area contributed by atoms with Crippen LogP contribution in [0, 0.1) is 0 Å². The van der Waals surface area contributed by atoms with Gasteiger partial charge in [-0.3, -0.25) is 4.79 Å². The minimum atomic E-state index is -0.885. The Labute approximate surface area is 168 Å². The van der Waals surface area contributed by atoms with E-state index in [4.69, 9.17) is 8.83 Å². The summed E-state index contributed by atoms with van der Waals surface area (Å²) in [6, 6.07) is 27.2. The van der Waals surface area contributed by atoms with E-state index in [0.29, 0.717) is 17.3 Å². The summed E-state index contributed by atoms with van der Waals surface area (Å²) in [7, 11) is 0. The number of benzene rings is 2. The molecular weight excluding hydrogens is 364 g/mol. The summed E-state index contributed by atoms with van der Waals surface area (Å²) in [4.78, 5) is 12.4. The van der Waals surface area contributed by atoms with Gasteiger partial charge in [0.15, 0.2) is 11.8 Å². The topological polar surface area (TPSA) is 55.4 Å². The number of aldehydes is 1. The molecule has 0 radical (unpaired) electrons. The maximum Gasteiger partial charge on any atom is 0.329 e. The van der Waals surface area contributed by atoms with Gasteiger partial charge in [0.2, 0.25) is 0 Å². The number of rotatable bonds is 5. The first-order valence-corrected chi connectivity index (χ1v) is 9.35. The van der Waals surface area contributed by atoms with Gasteiger partial charge >= 0.3 is 11.8 Å². The Morgan fingerprint density at radius 2 is 1.24 bits per heavy atom. The van der Waals surface area contributed by atoms with Crippen molar-refractivity contribution >= 4 is 18.1 Å². The third-order valence-electron chi connectivity index (χ3n) is 5.36. The first-order valence-electron chi connectivity index (χ1n) is 9.35. The number of furan rings is 2. The number of hydrogen-bond donors (Lipinski definition) is 1. The second kappa shape index (κ2) is 6.74. The summed E-state index contributed by atoms with van der Waals surface area (Å²) >= 11 is 0. The highest BCUT2D eigenvalue weighted by atomic mass is 16.4. The van der Waals surface area contributed by atoms with Crippen molar-refractivity contribution in [3.63, 3.8) is 0 Å². The van der Waals surface area contributed by atoms with Crippen molar-refractivity contribution < 1.29 is 13.6 Å². The van der Waals surface area contributed by atoms with E-state index in [0.717, 1.165) is 17.4 Å². The lowest BCUT2D eigenvalue weighted by Crippen LogP contribution is -2.56. The predicted molar refractivity (Wildman–Crippen MR) is 110 cm³/mol. The smallest absolute Gasteiger partial charge is 0.329 e. The molecule has 1 N–H and O–H groups in total. The molecule has 0 amide bonds. The van der Waals surface area contributed by atoms with Crippen LogP contribution in [-0.2, 0) is 10.3 Å². The average molecular weight is 383 g/mol. The number of carbonyl (C=O) groups is 1. The molecule has 29 heavy (non-hydrogen) atoms. The number of carbonyl (C=O) groups excluding carboxylic acids is 1. The summed E-state index contributed by atoms with van der Waals surface area (Å²) < 4.78 is 11.5. The highest BCUT2D eigenvalue weighted by molar-refractivity contribution is 5.83. The Bertz CT molecular complexity index is 1060. The van der Waals surface area contributed by atoms with Crippen molar-refractivity contribution in [3.8, 4) is 0 Å². The molecule has 0 spiro atoms. The third kappa shape index (κ3) is 2.52. The molecule has 4 aromatic rings. The predicted octanol–water partition coefficient (Wildman–Crippen LogP) is 5.06. The molecule has 5 rings (SSSR count). The van der Waals surface area contributed by atoms with Crippen LogP contribution in [0.15, 0.2) is 118 Å². The molecular formula is C24H19N2O3+. The Kier molecular flexibility index (Phi) is 4.05. The van der Waals surface area contributed by atoms with Crippen LogP contribution >= 0.6 is 0 Å². The Morgan fingerprint density at radius 3 is 1.66 bits per heavy atom. The van der Waals surface area contributed by atoms with Gasteiger partial charge in [0, 0.05) is 12.1 Å². The molecule has 0 saturated carbocycles. The summed E-state index contributed by atoms with van der Waals surface area (Å²) in [5.74, 6) is 1.18. The van der Waals surface area contributed by atoms with E-state index in [9.17, 15) is 4.79 Å². The van der Waals surface area contributed by atoms with Crippen LogP contribution in [0.5, 0.6) is 0 Å². The molecule has 0 bridgehead atoms. The highest BCUT2D eigenvalue weighted by Gasteiger charge is 2.57. The second-order valence-corrected chi connectivity index (χ2v) is 6.92. The van der Waals surface area contributed by atoms with Crippen LogP contribution < -0.4 is 10.0 Å². The largest absolute Gasteiger partial charge is 0.419 e. The van der Waals surface area contributed by atoms with E-state index in [-0.39, 0.29) is 4.59 Å². The zero-order valence-corrected chi connectivity index (χ0v) is 15.6. The molecule has 0 unspecified atom stereocenters. The quantitative estimate of drug-likeness (QED) is 0.387. The van der Waals surface area contributed by atoms with Gasteiger partial charge in [-0.05, 0) is 23.3 Å². The molecule has 2 aromatic heterocycles. The van der Waals surface area contributed by atoms with E-state index in [1.54, 1.807) is 12.5 Å². The highest BCUT2D eigenvalue weighted by Crippen LogP contribution is 2.48. The zero-order valence-electron chi connectivity index (χ0n) is 15.6. The molecule has 0 saturated heterocycles. The van der Waals surface area contributed by atoms with Gasteiger partial charge in [0.1, 0.15) is 6.20 Å². The Balaban J connectivity index is 1.82. The number of nitrogens with one attached hydrogen (secondary N) is 1. The van der Waals surface area contributed by atoms with Crippen molar-refractivity contribution in [2.45, 2.75) is 5.54 Å². The molecule has 5 nitrogen and oxygen atoms in total. The van der Waals surface area contributed by atoms with Crippen molar-refractivity contribution in [1.82, 2.24) is 10.0 Å². The van der Waals surface area contributed by atoms with Crippen molar-refractivity contribution in [2.75, 3.05) is 0 Å². The second-order valence-electron chi connectivity index (χ2n) is 6.92. The fourth-order valence-corrected chi connectivity index (χ4v) is 4.08. The van der Waals surface area contributed by atoms with Crippen LogP contribution in [0.4, 0.5) is 11.8 Å². The fourth-order valence-electron chi connectivity index (χ4n) is 4.08. The van der Waals surface area contributed by atoms with Crippen molar-refractivity contribution in [1.29, 1.82) is 0 Å². The molecule has 5 heteroatoms. The lowest BCUT2D eigenvalue weighted by Gasteiger charge is -2.34. The zero-order chi connectivity index (χ0) is 19.7. The molecule has 0 atom stereocenters. The standard InChI is InChI=1S/C24H19N2O3/c27-18-21-17-26(22-13-7-15-28-22,23-14-8-16-29-23)25-24(21,19-9-3-1-4-10-19)20-11-5-2-6-12-20/h1-18,25H/q+1. The first kappa shape index (κ1) is 17.4. The van der Waals surface area contributed by atoms with E-state index < -0.39 is 5.54 Å². The number of quaternary nitrogens is 1. The van der Waals surface area contributed by atoms with Gasteiger partial charge in [-0.1, -0.05) is 65.3 Å². The molecule has 1 aliphatic rings. The van der Waals surface area contributed by atoms with Gasteiger partial charge in [-0.2, -0.15) is 0 Å². The average Bonchev–Trinajstić information content (AvgIpc) is 3.55. The monoisotopic (exact) mass is 383 g/mol. The third-order valence-corrected chi connectivity index (χ3v) is 5.36. The molecule has 3 heterocycles. The molecule has 2 aromatic carbocycles.